The Labute approximate surface area is 70.1 Å². The molecule has 0 saturated heterocycles. The van der Waals surface area contributed by atoms with Crippen LogP contribution in [0.1, 0.15) is 32.1 Å². The minimum atomic E-state index is -4.09. The van der Waals surface area contributed by atoms with Gasteiger partial charge in [-0.2, -0.15) is 13.2 Å². The minimum Gasteiger partial charge on any atom is -0.327 e. The van der Waals surface area contributed by atoms with Crippen LogP contribution in [0.5, 0.6) is 0 Å². The van der Waals surface area contributed by atoms with Gasteiger partial charge in [-0.05, 0) is 12.3 Å². The Morgan fingerprint density at radius 2 is 1.92 bits per heavy atom. The quantitative estimate of drug-likeness (QED) is 0.711. The van der Waals surface area contributed by atoms with Gasteiger partial charge in [0.15, 0.2) is 0 Å². The van der Waals surface area contributed by atoms with Gasteiger partial charge in [-0.3, -0.25) is 0 Å². The van der Waals surface area contributed by atoms with Gasteiger partial charge in [-0.25, -0.2) is 0 Å². The maximum atomic E-state index is 11.8. The predicted molar refractivity (Wildman–Crippen MR) is 40.6 cm³/mol. The third-order valence-corrected chi connectivity index (χ3v) is 2.35. The summed E-state index contributed by atoms with van der Waals surface area (Å²) in [6.07, 6.45) is -1.10. The summed E-state index contributed by atoms with van der Waals surface area (Å²) in [5.74, 6) is 0.461. The second-order valence-electron chi connectivity index (χ2n) is 3.61. The minimum absolute atomic E-state index is 0.461. The molecule has 12 heavy (non-hydrogen) atoms. The lowest BCUT2D eigenvalue weighted by atomic mass is 9.80. The Balaban J connectivity index is 2.14. The SMILES string of the molecule is N[C@@H](CC1CCC1)CC(F)(F)F. The van der Waals surface area contributed by atoms with E-state index in [1.165, 1.54) is 0 Å². The van der Waals surface area contributed by atoms with Crippen LogP contribution >= 0.6 is 0 Å². The fourth-order valence-electron chi connectivity index (χ4n) is 1.54. The van der Waals surface area contributed by atoms with Crippen molar-refractivity contribution in [1.82, 2.24) is 0 Å². The number of halogens is 3. The van der Waals surface area contributed by atoms with Gasteiger partial charge in [0.1, 0.15) is 0 Å². The molecule has 1 nitrogen and oxygen atoms in total. The maximum Gasteiger partial charge on any atom is 0.390 e. The van der Waals surface area contributed by atoms with Crippen LogP contribution in [-0.2, 0) is 0 Å². The van der Waals surface area contributed by atoms with E-state index in [1.54, 1.807) is 0 Å². The molecule has 1 rings (SSSR count). The largest absolute Gasteiger partial charge is 0.390 e. The molecule has 4 heteroatoms. The van der Waals surface area contributed by atoms with Gasteiger partial charge in [-0.1, -0.05) is 19.3 Å². The first-order valence-electron chi connectivity index (χ1n) is 4.30. The lowest BCUT2D eigenvalue weighted by Crippen LogP contribution is -2.31. The summed E-state index contributed by atoms with van der Waals surface area (Å²) in [5.41, 5.74) is 5.35. The summed E-state index contributed by atoms with van der Waals surface area (Å²) in [6.45, 7) is 0. The van der Waals surface area contributed by atoms with Crippen molar-refractivity contribution in [2.24, 2.45) is 11.7 Å². The van der Waals surface area contributed by atoms with E-state index in [0.29, 0.717) is 12.3 Å². The van der Waals surface area contributed by atoms with Crippen LogP contribution in [-0.4, -0.2) is 12.2 Å². The first-order chi connectivity index (χ1) is 5.47. The number of hydrogen-bond acceptors (Lipinski definition) is 1. The van der Waals surface area contributed by atoms with Crippen molar-refractivity contribution in [3.63, 3.8) is 0 Å². The monoisotopic (exact) mass is 181 g/mol. The zero-order valence-corrected chi connectivity index (χ0v) is 6.90. The molecule has 0 aliphatic heterocycles. The van der Waals surface area contributed by atoms with Crippen LogP contribution in [0.4, 0.5) is 13.2 Å². The van der Waals surface area contributed by atoms with Gasteiger partial charge in [0.05, 0.1) is 6.42 Å². The summed E-state index contributed by atoms with van der Waals surface area (Å²) >= 11 is 0. The van der Waals surface area contributed by atoms with Crippen LogP contribution in [0.3, 0.4) is 0 Å². The zero-order valence-electron chi connectivity index (χ0n) is 6.90. The molecule has 0 aromatic carbocycles. The van der Waals surface area contributed by atoms with Crippen molar-refractivity contribution >= 4 is 0 Å². The average molecular weight is 181 g/mol. The zero-order chi connectivity index (χ0) is 9.19. The molecule has 0 bridgehead atoms. The molecular formula is C8H14F3N. The van der Waals surface area contributed by atoms with Gasteiger partial charge < -0.3 is 5.73 Å². The fourth-order valence-corrected chi connectivity index (χ4v) is 1.54. The summed E-state index contributed by atoms with van der Waals surface area (Å²) in [7, 11) is 0. The highest BCUT2D eigenvalue weighted by atomic mass is 19.4. The third-order valence-electron chi connectivity index (χ3n) is 2.35. The summed E-state index contributed by atoms with van der Waals surface area (Å²) in [6, 6.07) is -0.685. The van der Waals surface area contributed by atoms with E-state index in [2.05, 4.69) is 0 Å². The first kappa shape index (κ1) is 9.84. The summed E-state index contributed by atoms with van der Waals surface area (Å²) < 4.78 is 35.4. The Morgan fingerprint density at radius 3 is 2.25 bits per heavy atom. The van der Waals surface area contributed by atoms with Crippen molar-refractivity contribution in [3.8, 4) is 0 Å². The van der Waals surface area contributed by atoms with E-state index in [4.69, 9.17) is 5.73 Å². The molecule has 0 unspecified atom stereocenters. The van der Waals surface area contributed by atoms with Gasteiger partial charge in [0.2, 0.25) is 0 Å². The molecule has 1 atom stereocenters. The second-order valence-corrected chi connectivity index (χ2v) is 3.61. The van der Waals surface area contributed by atoms with Crippen LogP contribution in [0.15, 0.2) is 0 Å². The molecule has 0 spiro atoms. The van der Waals surface area contributed by atoms with Crippen LogP contribution in [0, 0.1) is 5.92 Å². The highest BCUT2D eigenvalue weighted by molar-refractivity contribution is 4.76. The highest BCUT2D eigenvalue weighted by Gasteiger charge is 2.32. The maximum absolute atomic E-state index is 11.8. The van der Waals surface area contributed by atoms with Crippen molar-refractivity contribution in [1.29, 1.82) is 0 Å². The molecule has 0 amide bonds. The van der Waals surface area contributed by atoms with E-state index >= 15 is 0 Å². The number of hydrogen-bond donors (Lipinski definition) is 1. The summed E-state index contributed by atoms with van der Waals surface area (Å²) in [5, 5.41) is 0. The Morgan fingerprint density at radius 1 is 1.33 bits per heavy atom. The highest BCUT2D eigenvalue weighted by Crippen LogP contribution is 2.32. The Kier molecular flexibility index (Phi) is 2.99. The van der Waals surface area contributed by atoms with E-state index in [0.717, 1.165) is 19.3 Å². The molecule has 1 fully saturated rings. The number of rotatable bonds is 3. The molecule has 1 saturated carbocycles. The van der Waals surface area contributed by atoms with Crippen LogP contribution < -0.4 is 5.73 Å². The number of nitrogens with two attached hydrogens (primary N) is 1. The van der Waals surface area contributed by atoms with E-state index in [9.17, 15) is 13.2 Å². The molecule has 0 heterocycles. The van der Waals surface area contributed by atoms with Gasteiger partial charge in [-0.15, -0.1) is 0 Å². The standard InChI is InChI=1S/C8H14F3N/c9-8(10,11)5-7(12)4-6-2-1-3-6/h6-7H,1-5,12H2/t7-/m0/s1. The van der Waals surface area contributed by atoms with Gasteiger partial charge in [0.25, 0.3) is 0 Å². The van der Waals surface area contributed by atoms with Crippen molar-refractivity contribution in [3.05, 3.63) is 0 Å². The van der Waals surface area contributed by atoms with Crippen LogP contribution in [0.25, 0.3) is 0 Å². The van der Waals surface area contributed by atoms with Gasteiger partial charge >= 0.3 is 6.18 Å². The third kappa shape index (κ3) is 3.43. The Bertz CT molecular complexity index is 140. The topological polar surface area (TPSA) is 26.0 Å². The molecule has 0 aromatic heterocycles. The average Bonchev–Trinajstić information content (AvgIpc) is 1.74. The van der Waals surface area contributed by atoms with E-state index < -0.39 is 18.6 Å². The smallest absolute Gasteiger partial charge is 0.327 e. The second kappa shape index (κ2) is 3.64. The van der Waals surface area contributed by atoms with E-state index in [-0.39, 0.29) is 0 Å². The molecule has 1 aliphatic rings. The van der Waals surface area contributed by atoms with Crippen LogP contribution in [0.2, 0.25) is 0 Å². The van der Waals surface area contributed by atoms with E-state index in [1.807, 2.05) is 0 Å². The lowest BCUT2D eigenvalue weighted by molar-refractivity contribution is -0.139. The molecule has 2 N–H and O–H groups in total. The summed E-state index contributed by atoms with van der Waals surface area (Å²) in [4.78, 5) is 0. The molecule has 0 aromatic rings. The molecular weight excluding hydrogens is 167 g/mol. The van der Waals surface area contributed by atoms with Gasteiger partial charge in [0, 0.05) is 6.04 Å². The first-order valence-corrected chi connectivity index (χ1v) is 4.30. The predicted octanol–water partition coefficient (Wildman–Crippen LogP) is 2.46. The number of alkyl halides is 3. The molecule has 72 valence electrons. The molecule has 1 aliphatic carbocycles. The lowest BCUT2D eigenvalue weighted by Gasteiger charge is -2.28. The normalized spacial score (nSPS) is 22.0. The Hall–Kier alpha value is -0.250. The molecule has 0 radical (unpaired) electrons. The van der Waals surface area contributed by atoms with Crippen molar-refractivity contribution in [2.45, 2.75) is 44.3 Å². The van der Waals surface area contributed by atoms with Crippen molar-refractivity contribution in [2.75, 3.05) is 0 Å². The fraction of sp³-hybridized carbons (Fsp3) is 1.00. The van der Waals surface area contributed by atoms with Crippen molar-refractivity contribution < 1.29 is 13.2 Å².